The molecule has 0 bridgehead atoms. The zero-order valence-corrected chi connectivity index (χ0v) is 12.8. The third kappa shape index (κ3) is 4.21. The molecule has 0 N–H and O–H groups in total. The molecule has 0 atom stereocenters. The van der Waals surface area contributed by atoms with Crippen molar-refractivity contribution in [2.24, 2.45) is 0 Å². The zero-order valence-electron chi connectivity index (χ0n) is 9.74. The Morgan fingerprint density at radius 3 is 1.85 bits per heavy atom. The maximum Gasteiger partial charge on any atom is 0.338 e. The summed E-state index contributed by atoms with van der Waals surface area (Å²) in [5, 5.41) is 0.663. The van der Waals surface area contributed by atoms with E-state index >= 15 is 0 Å². The fourth-order valence-corrected chi connectivity index (χ4v) is 2.38. The molecule has 0 spiro atoms. The van der Waals surface area contributed by atoms with Gasteiger partial charge in [0.15, 0.2) is 0 Å². The van der Waals surface area contributed by atoms with Gasteiger partial charge in [-0.25, -0.2) is 14.8 Å². The number of halogens is 4. The van der Waals surface area contributed by atoms with Gasteiger partial charge in [-0.05, 0) is 29.8 Å². The van der Waals surface area contributed by atoms with E-state index in [0.29, 0.717) is 5.56 Å². The number of aromatic nitrogens is 2. The molecule has 0 aliphatic carbocycles. The SMILES string of the molecule is O=C(OCc1cc(Cl)nc(Cl)c1)c1cc(Cl)nc(Cl)c1. The van der Waals surface area contributed by atoms with Crippen molar-refractivity contribution in [3.05, 3.63) is 56.0 Å². The minimum absolute atomic E-state index is 0.00163. The van der Waals surface area contributed by atoms with E-state index in [1.807, 2.05) is 0 Å². The lowest BCUT2D eigenvalue weighted by atomic mass is 10.2. The van der Waals surface area contributed by atoms with Gasteiger partial charge in [-0.1, -0.05) is 46.4 Å². The minimum Gasteiger partial charge on any atom is -0.457 e. The van der Waals surface area contributed by atoms with Crippen LogP contribution in [0, 0.1) is 0 Å². The maximum absolute atomic E-state index is 11.8. The van der Waals surface area contributed by atoms with Crippen LogP contribution in [0.1, 0.15) is 15.9 Å². The molecule has 0 aliphatic heterocycles. The number of carbonyl (C=O) groups excluding carboxylic acids is 1. The first-order valence-corrected chi connectivity index (χ1v) is 6.77. The summed E-state index contributed by atoms with van der Waals surface area (Å²) in [4.78, 5) is 19.4. The molecule has 0 aromatic carbocycles. The average Bonchev–Trinajstić information content (AvgIpc) is 2.33. The Balaban J connectivity index is 2.08. The second kappa shape index (κ2) is 6.59. The highest BCUT2D eigenvalue weighted by Crippen LogP contribution is 2.18. The predicted octanol–water partition coefficient (Wildman–Crippen LogP) is 4.45. The van der Waals surface area contributed by atoms with Crippen molar-refractivity contribution >= 4 is 52.4 Å². The van der Waals surface area contributed by atoms with Gasteiger partial charge in [0.2, 0.25) is 0 Å². The molecule has 8 heteroatoms. The zero-order chi connectivity index (χ0) is 14.7. The van der Waals surface area contributed by atoms with Crippen LogP contribution in [0.15, 0.2) is 24.3 Å². The van der Waals surface area contributed by atoms with Crippen LogP contribution < -0.4 is 0 Å². The van der Waals surface area contributed by atoms with Gasteiger partial charge in [0.25, 0.3) is 0 Å². The molecular weight excluding hydrogens is 346 g/mol. The summed E-state index contributed by atoms with van der Waals surface area (Å²) in [6.45, 7) is -0.00163. The van der Waals surface area contributed by atoms with Crippen molar-refractivity contribution in [3.63, 3.8) is 0 Å². The molecule has 0 saturated carbocycles. The lowest BCUT2D eigenvalue weighted by Crippen LogP contribution is -2.06. The third-order valence-corrected chi connectivity index (χ3v) is 2.97. The maximum atomic E-state index is 11.8. The van der Waals surface area contributed by atoms with E-state index in [0.717, 1.165) is 0 Å². The van der Waals surface area contributed by atoms with Crippen molar-refractivity contribution in [2.75, 3.05) is 0 Å². The molecule has 0 fully saturated rings. The van der Waals surface area contributed by atoms with Gasteiger partial charge in [0.1, 0.15) is 27.2 Å². The fourth-order valence-electron chi connectivity index (χ4n) is 1.41. The standard InChI is InChI=1S/C12H6Cl4N2O2/c13-8-1-6(2-9(14)17-8)5-20-12(19)7-3-10(15)18-11(16)4-7/h1-4H,5H2. The van der Waals surface area contributed by atoms with E-state index < -0.39 is 5.97 Å². The lowest BCUT2D eigenvalue weighted by molar-refractivity contribution is 0.0472. The summed E-state index contributed by atoms with van der Waals surface area (Å²) in [5.74, 6) is -0.583. The number of carbonyl (C=O) groups is 1. The molecule has 2 aromatic heterocycles. The Bertz CT molecular complexity index is 623. The normalized spacial score (nSPS) is 10.4. The summed E-state index contributed by atoms with van der Waals surface area (Å²) in [7, 11) is 0. The largest absolute Gasteiger partial charge is 0.457 e. The average molecular weight is 352 g/mol. The van der Waals surface area contributed by atoms with E-state index in [2.05, 4.69) is 9.97 Å². The first-order chi connectivity index (χ1) is 9.44. The van der Waals surface area contributed by atoms with Crippen LogP contribution >= 0.6 is 46.4 Å². The van der Waals surface area contributed by atoms with Crippen LogP contribution in [0.25, 0.3) is 0 Å². The molecule has 0 amide bonds. The number of pyridine rings is 2. The van der Waals surface area contributed by atoms with Crippen LogP contribution in [0.4, 0.5) is 0 Å². The molecule has 2 aromatic rings. The minimum atomic E-state index is -0.583. The van der Waals surface area contributed by atoms with Crippen LogP contribution in [-0.2, 0) is 11.3 Å². The van der Waals surface area contributed by atoms with Gasteiger partial charge in [-0.2, -0.15) is 0 Å². The molecule has 0 aliphatic rings. The molecule has 0 radical (unpaired) electrons. The quantitative estimate of drug-likeness (QED) is 0.605. The van der Waals surface area contributed by atoms with E-state index in [1.54, 1.807) is 12.1 Å². The fraction of sp³-hybridized carbons (Fsp3) is 0.0833. The Hall–Kier alpha value is -1.07. The summed E-state index contributed by atoms with van der Waals surface area (Å²) < 4.78 is 5.11. The molecule has 2 rings (SSSR count). The van der Waals surface area contributed by atoms with Gasteiger partial charge in [0, 0.05) is 0 Å². The highest BCUT2D eigenvalue weighted by atomic mass is 35.5. The topological polar surface area (TPSA) is 52.1 Å². The van der Waals surface area contributed by atoms with E-state index in [-0.39, 0.29) is 32.8 Å². The Morgan fingerprint density at radius 1 is 0.900 bits per heavy atom. The molecule has 0 unspecified atom stereocenters. The lowest BCUT2D eigenvalue weighted by Gasteiger charge is -2.06. The first kappa shape index (κ1) is 15.3. The predicted molar refractivity (Wildman–Crippen MR) is 77.6 cm³/mol. The summed E-state index contributed by atoms with van der Waals surface area (Å²) in [5.41, 5.74) is 0.829. The van der Waals surface area contributed by atoms with Crippen LogP contribution in [0.5, 0.6) is 0 Å². The number of esters is 1. The molecule has 4 nitrogen and oxygen atoms in total. The Morgan fingerprint density at radius 2 is 1.35 bits per heavy atom. The number of nitrogens with zero attached hydrogens (tertiary/aromatic N) is 2. The van der Waals surface area contributed by atoms with Gasteiger partial charge < -0.3 is 4.74 Å². The summed E-state index contributed by atoms with van der Waals surface area (Å²) in [6.07, 6.45) is 0. The molecule has 0 saturated heterocycles. The van der Waals surface area contributed by atoms with Crippen LogP contribution in [0.3, 0.4) is 0 Å². The van der Waals surface area contributed by atoms with Crippen LogP contribution in [-0.4, -0.2) is 15.9 Å². The number of rotatable bonds is 3. The van der Waals surface area contributed by atoms with Gasteiger partial charge in [-0.15, -0.1) is 0 Å². The van der Waals surface area contributed by atoms with Gasteiger partial charge >= 0.3 is 5.97 Å². The van der Waals surface area contributed by atoms with Gasteiger partial charge in [0.05, 0.1) is 5.56 Å². The first-order valence-electron chi connectivity index (χ1n) is 5.26. The molecular formula is C12H6Cl4N2O2. The summed E-state index contributed by atoms with van der Waals surface area (Å²) >= 11 is 22.9. The monoisotopic (exact) mass is 350 g/mol. The van der Waals surface area contributed by atoms with Crippen molar-refractivity contribution < 1.29 is 9.53 Å². The smallest absolute Gasteiger partial charge is 0.338 e. The highest BCUT2D eigenvalue weighted by Gasteiger charge is 2.11. The highest BCUT2D eigenvalue weighted by molar-refractivity contribution is 6.33. The van der Waals surface area contributed by atoms with Crippen molar-refractivity contribution in [2.45, 2.75) is 6.61 Å². The van der Waals surface area contributed by atoms with E-state index in [4.69, 9.17) is 51.1 Å². The Kier molecular flexibility index (Phi) is 5.05. The van der Waals surface area contributed by atoms with Crippen molar-refractivity contribution in [3.8, 4) is 0 Å². The van der Waals surface area contributed by atoms with Crippen LogP contribution in [0.2, 0.25) is 20.6 Å². The Labute approximate surface area is 134 Å². The van der Waals surface area contributed by atoms with Crippen molar-refractivity contribution in [1.29, 1.82) is 0 Å². The molecule has 20 heavy (non-hydrogen) atoms. The number of hydrogen-bond donors (Lipinski definition) is 0. The summed E-state index contributed by atoms with van der Waals surface area (Å²) in [6, 6.07) is 5.82. The second-order valence-corrected chi connectivity index (χ2v) is 5.25. The molecule has 2 heterocycles. The third-order valence-electron chi connectivity index (χ3n) is 2.19. The molecule has 104 valence electrons. The van der Waals surface area contributed by atoms with Crippen molar-refractivity contribution in [1.82, 2.24) is 9.97 Å². The van der Waals surface area contributed by atoms with E-state index in [1.165, 1.54) is 12.1 Å². The number of ether oxygens (including phenoxy) is 1. The number of hydrogen-bond acceptors (Lipinski definition) is 4. The second-order valence-electron chi connectivity index (χ2n) is 3.70. The van der Waals surface area contributed by atoms with Gasteiger partial charge in [-0.3, -0.25) is 0 Å². The van der Waals surface area contributed by atoms with E-state index in [9.17, 15) is 4.79 Å².